The van der Waals surface area contributed by atoms with Crippen LogP contribution in [0.4, 0.5) is 0 Å². The maximum absolute atomic E-state index is 11.6. The SMILES string of the molecule is O=C(CCCBr)CCc1ccn(C2CCCCC2)n1. The summed E-state index contributed by atoms with van der Waals surface area (Å²) in [5.41, 5.74) is 1.07. The molecule has 1 saturated carbocycles. The number of rotatable bonds is 7. The van der Waals surface area contributed by atoms with Crippen LogP contribution in [0.5, 0.6) is 0 Å². The van der Waals surface area contributed by atoms with Crippen molar-refractivity contribution >= 4 is 21.7 Å². The number of aromatic nitrogens is 2. The summed E-state index contributed by atoms with van der Waals surface area (Å²) < 4.78 is 2.12. The van der Waals surface area contributed by atoms with E-state index in [1.165, 1.54) is 32.1 Å². The Kier molecular flexibility index (Phi) is 6.08. The molecule has 4 heteroatoms. The van der Waals surface area contributed by atoms with Crippen molar-refractivity contribution in [2.24, 2.45) is 0 Å². The van der Waals surface area contributed by atoms with Crippen molar-refractivity contribution in [1.82, 2.24) is 9.78 Å². The van der Waals surface area contributed by atoms with Crippen molar-refractivity contribution in [2.75, 3.05) is 5.33 Å². The van der Waals surface area contributed by atoms with Crippen LogP contribution < -0.4 is 0 Å². The van der Waals surface area contributed by atoms with Crippen LogP contribution in [-0.2, 0) is 11.2 Å². The van der Waals surface area contributed by atoms with E-state index >= 15 is 0 Å². The monoisotopic (exact) mass is 326 g/mol. The number of halogens is 1. The third kappa shape index (κ3) is 4.75. The fourth-order valence-electron chi connectivity index (χ4n) is 2.72. The van der Waals surface area contributed by atoms with Crippen LogP contribution in [0.2, 0.25) is 0 Å². The first-order valence-electron chi connectivity index (χ1n) is 7.41. The second-order valence-corrected chi connectivity index (χ2v) is 6.20. The van der Waals surface area contributed by atoms with Crippen molar-refractivity contribution in [2.45, 2.75) is 63.8 Å². The van der Waals surface area contributed by atoms with Gasteiger partial charge in [-0.3, -0.25) is 9.48 Å². The number of Topliss-reactive ketones (excluding diaryl/α,β-unsaturated/α-hetero) is 1. The zero-order valence-electron chi connectivity index (χ0n) is 11.5. The minimum absolute atomic E-state index is 0.353. The number of hydrogen-bond donors (Lipinski definition) is 0. The molecule has 1 fully saturated rings. The molecule has 0 radical (unpaired) electrons. The molecule has 19 heavy (non-hydrogen) atoms. The summed E-state index contributed by atoms with van der Waals surface area (Å²) in [7, 11) is 0. The molecule has 0 unspecified atom stereocenters. The first-order chi connectivity index (χ1) is 9.29. The van der Waals surface area contributed by atoms with Crippen LogP contribution in [0.1, 0.15) is 63.1 Å². The van der Waals surface area contributed by atoms with E-state index in [1.807, 2.05) is 0 Å². The van der Waals surface area contributed by atoms with Gasteiger partial charge < -0.3 is 0 Å². The molecule has 0 atom stereocenters. The number of hydrogen-bond acceptors (Lipinski definition) is 2. The third-order valence-corrected chi connectivity index (χ3v) is 4.42. The zero-order chi connectivity index (χ0) is 13.5. The fourth-order valence-corrected chi connectivity index (χ4v) is 3.00. The molecule has 0 N–H and O–H groups in total. The molecule has 0 bridgehead atoms. The van der Waals surface area contributed by atoms with Gasteiger partial charge in [0.05, 0.1) is 11.7 Å². The Morgan fingerprint density at radius 1 is 1.32 bits per heavy atom. The van der Waals surface area contributed by atoms with E-state index in [1.54, 1.807) is 0 Å². The van der Waals surface area contributed by atoms with E-state index < -0.39 is 0 Å². The van der Waals surface area contributed by atoms with Gasteiger partial charge in [-0.15, -0.1) is 0 Å². The summed E-state index contributed by atoms with van der Waals surface area (Å²) in [6.45, 7) is 0. The highest BCUT2D eigenvalue weighted by Gasteiger charge is 2.16. The Morgan fingerprint density at radius 3 is 2.84 bits per heavy atom. The van der Waals surface area contributed by atoms with Crippen molar-refractivity contribution in [3.8, 4) is 0 Å². The Labute approximate surface area is 123 Å². The maximum atomic E-state index is 11.6. The van der Waals surface area contributed by atoms with Crippen molar-refractivity contribution < 1.29 is 4.79 Å². The van der Waals surface area contributed by atoms with E-state index in [0.717, 1.165) is 23.9 Å². The first-order valence-corrected chi connectivity index (χ1v) is 8.53. The molecule has 106 valence electrons. The third-order valence-electron chi connectivity index (χ3n) is 3.86. The van der Waals surface area contributed by atoms with Gasteiger partial charge in [0.1, 0.15) is 5.78 Å². The lowest BCUT2D eigenvalue weighted by atomic mass is 9.96. The highest BCUT2D eigenvalue weighted by atomic mass is 79.9. The largest absolute Gasteiger partial charge is 0.300 e. The highest BCUT2D eigenvalue weighted by molar-refractivity contribution is 9.09. The number of nitrogens with zero attached hydrogens (tertiary/aromatic N) is 2. The van der Waals surface area contributed by atoms with Gasteiger partial charge in [-0.2, -0.15) is 5.10 Å². The summed E-state index contributed by atoms with van der Waals surface area (Å²) in [5, 5.41) is 5.55. The molecule has 0 aliphatic heterocycles. The Balaban J connectivity index is 1.78. The van der Waals surface area contributed by atoms with Crippen LogP contribution >= 0.6 is 15.9 Å². The molecule has 0 aromatic carbocycles. The van der Waals surface area contributed by atoms with Gasteiger partial charge in [-0.05, 0) is 31.7 Å². The molecule has 0 amide bonds. The van der Waals surface area contributed by atoms with E-state index in [0.29, 0.717) is 24.7 Å². The second kappa shape index (κ2) is 7.83. The van der Waals surface area contributed by atoms with Gasteiger partial charge >= 0.3 is 0 Å². The molecule has 1 aromatic rings. The lowest BCUT2D eigenvalue weighted by Gasteiger charge is -2.21. The van der Waals surface area contributed by atoms with E-state index in [9.17, 15) is 4.79 Å². The summed E-state index contributed by atoms with van der Waals surface area (Å²) >= 11 is 3.35. The average Bonchev–Trinajstić information content (AvgIpc) is 2.93. The molecule has 1 heterocycles. The standard InChI is InChI=1S/C15H23BrN2O/c16-11-4-7-15(19)9-8-13-10-12-18(17-13)14-5-2-1-3-6-14/h10,12,14H,1-9,11H2. The number of ketones is 1. The number of aryl methyl sites for hydroxylation is 1. The minimum atomic E-state index is 0.353. The van der Waals surface area contributed by atoms with Crippen molar-refractivity contribution in [3.63, 3.8) is 0 Å². The number of alkyl halides is 1. The fraction of sp³-hybridized carbons (Fsp3) is 0.733. The molecule has 0 saturated heterocycles. The molecule has 2 rings (SSSR count). The summed E-state index contributed by atoms with van der Waals surface area (Å²) in [6.07, 6.45) is 11.7. The number of carbonyl (C=O) groups is 1. The summed E-state index contributed by atoms with van der Waals surface area (Å²) in [4.78, 5) is 11.6. The summed E-state index contributed by atoms with van der Waals surface area (Å²) in [5.74, 6) is 0.353. The lowest BCUT2D eigenvalue weighted by Crippen LogP contribution is -2.13. The Morgan fingerprint density at radius 2 is 2.11 bits per heavy atom. The van der Waals surface area contributed by atoms with Gasteiger partial charge in [0.2, 0.25) is 0 Å². The van der Waals surface area contributed by atoms with Crippen molar-refractivity contribution in [3.05, 3.63) is 18.0 Å². The van der Waals surface area contributed by atoms with E-state index in [2.05, 4.69) is 38.0 Å². The molecule has 1 aromatic heterocycles. The van der Waals surface area contributed by atoms with Crippen LogP contribution in [0.15, 0.2) is 12.3 Å². The minimum Gasteiger partial charge on any atom is -0.300 e. The average molecular weight is 327 g/mol. The first kappa shape index (κ1) is 14.8. The van der Waals surface area contributed by atoms with E-state index in [4.69, 9.17) is 0 Å². The van der Waals surface area contributed by atoms with Crippen LogP contribution in [0.25, 0.3) is 0 Å². The molecule has 3 nitrogen and oxygen atoms in total. The molecule has 1 aliphatic carbocycles. The van der Waals surface area contributed by atoms with E-state index in [-0.39, 0.29) is 0 Å². The predicted molar refractivity (Wildman–Crippen MR) is 80.7 cm³/mol. The second-order valence-electron chi connectivity index (χ2n) is 5.41. The zero-order valence-corrected chi connectivity index (χ0v) is 13.1. The molecule has 0 spiro atoms. The van der Waals surface area contributed by atoms with Gasteiger partial charge in [0, 0.05) is 24.4 Å². The van der Waals surface area contributed by atoms with Gasteiger partial charge in [0.25, 0.3) is 0 Å². The normalized spacial score (nSPS) is 16.7. The topological polar surface area (TPSA) is 34.9 Å². The highest BCUT2D eigenvalue weighted by Crippen LogP contribution is 2.27. The van der Waals surface area contributed by atoms with Gasteiger partial charge in [0.15, 0.2) is 0 Å². The molecular weight excluding hydrogens is 304 g/mol. The van der Waals surface area contributed by atoms with Crippen molar-refractivity contribution in [1.29, 1.82) is 0 Å². The van der Waals surface area contributed by atoms with Crippen LogP contribution in [-0.4, -0.2) is 20.9 Å². The lowest BCUT2D eigenvalue weighted by molar-refractivity contribution is -0.119. The Bertz CT molecular complexity index is 397. The quantitative estimate of drug-likeness (QED) is 0.708. The number of carbonyl (C=O) groups excluding carboxylic acids is 1. The van der Waals surface area contributed by atoms with Crippen LogP contribution in [0.3, 0.4) is 0 Å². The Hall–Kier alpha value is -0.640. The van der Waals surface area contributed by atoms with Gasteiger partial charge in [-0.1, -0.05) is 35.2 Å². The van der Waals surface area contributed by atoms with Crippen LogP contribution in [0, 0.1) is 0 Å². The smallest absolute Gasteiger partial charge is 0.133 e. The molecular formula is C15H23BrN2O. The molecule has 1 aliphatic rings. The maximum Gasteiger partial charge on any atom is 0.133 e. The predicted octanol–water partition coefficient (Wildman–Crippen LogP) is 4.07. The van der Waals surface area contributed by atoms with Gasteiger partial charge in [-0.25, -0.2) is 0 Å². The summed E-state index contributed by atoms with van der Waals surface area (Å²) in [6, 6.07) is 2.67.